The molecule has 1 aliphatic heterocycles. The summed E-state index contributed by atoms with van der Waals surface area (Å²) in [5.41, 5.74) is 0. The molecule has 1 saturated carbocycles. The Morgan fingerprint density at radius 1 is 1.11 bits per heavy atom. The van der Waals surface area contributed by atoms with Crippen LogP contribution in [0.15, 0.2) is 0 Å². The number of ether oxygens (including phenoxy) is 1. The van der Waals surface area contributed by atoms with Crippen molar-refractivity contribution in [2.75, 3.05) is 13.2 Å². The summed E-state index contributed by atoms with van der Waals surface area (Å²) < 4.78 is 5.83. The molecule has 2 rings (SSSR count). The zero-order chi connectivity index (χ0) is 12.8. The van der Waals surface area contributed by atoms with Crippen LogP contribution in [0.1, 0.15) is 65.2 Å². The van der Waals surface area contributed by atoms with Crippen molar-refractivity contribution in [1.29, 1.82) is 0 Å². The molecule has 0 amide bonds. The Kier molecular flexibility index (Phi) is 5.97. The Balaban J connectivity index is 1.60. The molecule has 2 aliphatic rings. The third-order valence-electron chi connectivity index (χ3n) is 4.77. The number of hydrogen-bond acceptors (Lipinski definition) is 2. The molecule has 2 heteroatoms. The lowest BCUT2D eigenvalue weighted by atomic mass is 9.87. The summed E-state index contributed by atoms with van der Waals surface area (Å²) in [4.78, 5) is 0. The highest BCUT2D eigenvalue weighted by Crippen LogP contribution is 2.26. The van der Waals surface area contributed by atoms with Gasteiger partial charge in [0.15, 0.2) is 0 Å². The number of nitrogens with one attached hydrogen (secondary N) is 1. The lowest BCUT2D eigenvalue weighted by Gasteiger charge is -2.33. The van der Waals surface area contributed by atoms with Crippen molar-refractivity contribution < 1.29 is 4.74 Å². The van der Waals surface area contributed by atoms with Crippen LogP contribution in [0.25, 0.3) is 0 Å². The normalized spacial score (nSPS) is 30.8. The largest absolute Gasteiger partial charge is 0.378 e. The van der Waals surface area contributed by atoms with Crippen molar-refractivity contribution >= 4 is 0 Å². The second kappa shape index (κ2) is 7.49. The quantitative estimate of drug-likeness (QED) is 0.805. The van der Waals surface area contributed by atoms with Crippen molar-refractivity contribution in [3.05, 3.63) is 0 Å². The van der Waals surface area contributed by atoms with Crippen LogP contribution in [0.2, 0.25) is 0 Å². The van der Waals surface area contributed by atoms with Gasteiger partial charge >= 0.3 is 0 Å². The third-order valence-corrected chi connectivity index (χ3v) is 4.77. The Bertz CT molecular complexity index is 223. The van der Waals surface area contributed by atoms with Crippen molar-refractivity contribution in [3.8, 4) is 0 Å². The van der Waals surface area contributed by atoms with Gasteiger partial charge in [0.2, 0.25) is 0 Å². The van der Waals surface area contributed by atoms with Crippen molar-refractivity contribution in [2.24, 2.45) is 11.8 Å². The van der Waals surface area contributed by atoms with Crippen molar-refractivity contribution in [3.63, 3.8) is 0 Å². The van der Waals surface area contributed by atoms with Gasteiger partial charge in [0, 0.05) is 12.6 Å². The summed E-state index contributed by atoms with van der Waals surface area (Å²) in [6, 6.07) is 0.703. The molecule has 2 atom stereocenters. The average molecular weight is 253 g/mol. The minimum atomic E-state index is 0.478. The van der Waals surface area contributed by atoms with Gasteiger partial charge in [-0.1, -0.05) is 46.0 Å². The summed E-state index contributed by atoms with van der Waals surface area (Å²) >= 11 is 0. The van der Waals surface area contributed by atoms with Crippen LogP contribution < -0.4 is 5.32 Å². The SMILES string of the molecule is CC(C)C1CC(NCCC2CCCCC2)CCO1. The van der Waals surface area contributed by atoms with E-state index in [0.29, 0.717) is 18.1 Å². The molecule has 0 spiro atoms. The molecular formula is C16H31NO. The highest BCUT2D eigenvalue weighted by Gasteiger charge is 2.24. The van der Waals surface area contributed by atoms with Crippen molar-refractivity contribution in [1.82, 2.24) is 5.32 Å². The van der Waals surface area contributed by atoms with E-state index in [1.54, 1.807) is 0 Å². The number of hydrogen-bond donors (Lipinski definition) is 1. The maximum atomic E-state index is 5.83. The van der Waals surface area contributed by atoms with Gasteiger partial charge in [-0.2, -0.15) is 0 Å². The molecule has 1 N–H and O–H groups in total. The summed E-state index contributed by atoms with van der Waals surface area (Å²) in [7, 11) is 0. The summed E-state index contributed by atoms with van der Waals surface area (Å²) in [6.07, 6.45) is 11.6. The van der Waals surface area contributed by atoms with Gasteiger partial charge in [-0.3, -0.25) is 0 Å². The first-order chi connectivity index (χ1) is 8.75. The second-order valence-electron chi connectivity index (χ2n) is 6.62. The monoisotopic (exact) mass is 253 g/mol. The molecule has 1 saturated heterocycles. The molecule has 0 aromatic heterocycles. The fourth-order valence-corrected chi connectivity index (χ4v) is 3.45. The Labute approximate surface area is 113 Å². The van der Waals surface area contributed by atoms with Crippen LogP contribution in [0.5, 0.6) is 0 Å². The maximum absolute atomic E-state index is 5.83. The molecule has 0 aromatic rings. The van der Waals surface area contributed by atoms with E-state index in [9.17, 15) is 0 Å². The molecule has 0 aromatic carbocycles. The zero-order valence-corrected chi connectivity index (χ0v) is 12.3. The Morgan fingerprint density at radius 3 is 2.61 bits per heavy atom. The van der Waals surface area contributed by atoms with Gasteiger partial charge in [0.05, 0.1) is 6.10 Å². The highest BCUT2D eigenvalue weighted by molar-refractivity contribution is 4.79. The molecule has 2 nitrogen and oxygen atoms in total. The van der Waals surface area contributed by atoms with Crippen molar-refractivity contribution in [2.45, 2.75) is 77.4 Å². The molecule has 18 heavy (non-hydrogen) atoms. The van der Waals surface area contributed by atoms with Gasteiger partial charge in [-0.15, -0.1) is 0 Å². The number of rotatable bonds is 5. The van der Waals surface area contributed by atoms with E-state index in [-0.39, 0.29) is 0 Å². The molecule has 0 radical (unpaired) electrons. The van der Waals surface area contributed by atoms with E-state index in [1.807, 2.05) is 0 Å². The predicted molar refractivity (Wildman–Crippen MR) is 76.8 cm³/mol. The minimum absolute atomic E-state index is 0.478. The van der Waals surface area contributed by atoms with Gasteiger partial charge in [-0.05, 0) is 37.6 Å². The first kappa shape index (κ1) is 14.3. The van der Waals surface area contributed by atoms with E-state index < -0.39 is 0 Å². The maximum Gasteiger partial charge on any atom is 0.0612 e. The molecule has 2 fully saturated rings. The third kappa shape index (κ3) is 4.55. The second-order valence-corrected chi connectivity index (χ2v) is 6.62. The summed E-state index contributed by atoms with van der Waals surface area (Å²) in [6.45, 7) is 6.72. The van der Waals surface area contributed by atoms with E-state index in [4.69, 9.17) is 4.74 Å². The fourth-order valence-electron chi connectivity index (χ4n) is 3.45. The van der Waals surface area contributed by atoms with E-state index in [1.165, 1.54) is 57.9 Å². The van der Waals surface area contributed by atoms with Gasteiger partial charge in [-0.25, -0.2) is 0 Å². The zero-order valence-electron chi connectivity index (χ0n) is 12.3. The molecular weight excluding hydrogens is 222 g/mol. The van der Waals surface area contributed by atoms with Crippen LogP contribution in [0.3, 0.4) is 0 Å². The first-order valence-corrected chi connectivity index (χ1v) is 8.10. The predicted octanol–water partition coefficient (Wildman–Crippen LogP) is 3.75. The molecule has 1 heterocycles. The Morgan fingerprint density at radius 2 is 1.89 bits per heavy atom. The molecule has 2 unspecified atom stereocenters. The van der Waals surface area contributed by atoms with Crippen LogP contribution in [0.4, 0.5) is 0 Å². The van der Waals surface area contributed by atoms with Crippen LogP contribution in [0, 0.1) is 11.8 Å². The molecule has 106 valence electrons. The van der Waals surface area contributed by atoms with Crippen LogP contribution >= 0.6 is 0 Å². The molecule has 1 aliphatic carbocycles. The topological polar surface area (TPSA) is 21.3 Å². The first-order valence-electron chi connectivity index (χ1n) is 8.10. The van der Waals surface area contributed by atoms with E-state index in [2.05, 4.69) is 19.2 Å². The van der Waals surface area contributed by atoms with Crippen LogP contribution in [-0.2, 0) is 4.74 Å². The Hall–Kier alpha value is -0.0800. The van der Waals surface area contributed by atoms with E-state index in [0.717, 1.165) is 12.5 Å². The van der Waals surface area contributed by atoms with Gasteiger partial charge in [0.1, 0.15) is 0 Å². The van der Waals surface area contributed by atoms with Gasteiger partial charge < -0.3 is 10.1 Å². The molecule has 0 bridgehead atoms. The summed E-state index contributed by atoms with van der Waals surface area (Å²) in [5, 5.41) is 3.77. The van der Waals surface area contributed by atoms with E-state index >= 15 is 0 Å². The average Bonchev–Trinajstić information content (AvgIpc) is 2.40. The smallest absolute Gasteiger partial charge is 0.0612 e. The van der Waals surface area contributed by atoms with Gasteiger partial charge in [0.25, 0.3) is 0 Å². The fraction of sp³-hybridized carbons (Fsp3) is 1.00. The summed E-state index contributed by atoms with van der Waals surface area (Å²) in [5.74, 6) is 1.67. The lowest BCUT2D eigenvalue weighted by Crippen LogP contribution is -2.41. The van der Waals surface area contributed by atoms with Crippen LogP contribution in [-0.4, -0.2) is 25.3 Å². The minimum Gasteiger partial charge on any atom is -0.378 e. The highest BCUT2D eigenvalue weighted by atomic mass is 16.5. The standard InChI is InChI=1S/C16H31NO/c1-13(2)16-12-15(9-11-18-16)17-10-8-14-6-4-3-5-7-14/h13-17H,3-12H2,1-2H3. The lowest BCUT2D eigenvalue weighted by molar-refractivity contribution is -0.0244.